The van der Waals surface area contributed by atoms with E-state index in [4.69, 9.17) is 9.68 Å². The molecule has 0 aliphatic rings. The highest BCUT2D eigenvalue weighted by Gasteiger charge is 2.24. The number of nitrogens with one attached hydrogen (secondary N) is 1. The second kappa shape index (κ2) is 5.61. The van der Waals surface area contributed by atoms with Crippen molar-refractivity contribution in [1.29, 1.82) is 5.26 Å². The van der Waals surface area contributed by atoms with Crippen LogP contribution in [0.1, 0.15) is 5.56 Å². The van der Waals surface area contributed by atoms with Crippen LogP contribution in [0.5, 0.6) is 0 Å². The fraction of sp³-hybridized carbons (Fsp3) is 0. The zero-order chi connectivity index (χ0) is 16.4. The van der Waals surface area contributed by atoms with Crippen molar-refractivity contribution in [3.8, 4) is 6.07 Å². The van der Waals surface area contributed by atoms with Gasteiger partial charge in [0.2, 0.25) is 0 Å². The van der Waals surface area contributed by atoms with Crippen LogP contribution in [-0.4, -0.2) is 4.92 Å². The number of hydrogen-bond donors (Lipinski definition) is 1. The highest BCUT2D eigenvalue weighted by molar-refractivity contribution is 5.96. The SMILES string of the molecule is N#Cc1ccc(Nc2c([N+](=O)[O-])c(=O)oc3ccccc23)cc1. The van der Waals surface area contributed by atoms with Gasteiger partial charge in [-0.25, -0.2) is 4.79 Å². The maximum atomic E-state index is 11.9. The smallest absolute Gasteiger partial charge is 0.417 e. The summed E-state index contributed by atoms with van der Waals surface area (Å²) in [7, 11) is 0. The Morgan fingerprint density at radius 2 is 1.83 bits per heavy atom. The minimum absolute atomic E-state index is 0.0616. The monoisotopic (exact) mass is 307 g/mol. The van der Waals surface area contributed by atoms with Crippen LogP contribution in [-0.2, 0) is 0 Å². The largest absolute Gasteiger partial charge is 0.418 e. The molecular weight excluding hydrogens is 298 g/mol. The van der Waals surface area contributed by atoms with Gasteiger partial charge in [-0.1, -0.05) is 12.1 Å². The second-order valence-electron chi connectivity index (χ2n) is 4.68. The lowest BCUT2D eigenvalue weighted by Gasteiger charge is -2.09. The van der Waals surface area contributed by atoms with Gasteiger partial charge in [-0.2, -0.15) is 5.26 Å². The molecule has 0 radical (unpaired) electrons. The summed E-state index contributed by atoms with van der Waals surface area (Å²) in [5.41, 5.74) is -0.394. The summed E-state index contributed by atoms with van der Waals surface area (Å²) in [4.78, 5) is 22.4. The molecule has 1 aromatic heterocycles. The Morgan fingerprint density at radius 1 is 1.13 bits per heavy atom. The van der Waals surface area contributed by atoms with Crippen LogP contribution in [0.3, 0.4) is 0 Å². The minimum Gasteiger partial charge on any atom is -0.418 e. The number of fused-ring (bicyclic) bond motifs is 1. The normalized spacial score (nSPS) is 10.2. The van der Waals surface area contributed by atoms with Gasteiger partial charge in [0.15, 0.2) is 0 Å². The van der Waals surface area contributed by atoms with Gasteiger partial charge in [-0.15, -0.1) is 0 Å². The molecule has 0 bridgehead atoms. The van der Waals surface area contributed by atoms with Crippen molar-refractivity contribution in [2.24, 2.45) is 0 Å². The third kappa shape index (κ3) is 2.61. The molecule has 2 aromatic carbocycles. The number of anilines is 2. The van der Waals surface area contributed by atoms with Crippen molar-refractivity contribution in [2.45, 2.75) is 0 Å². The van der Waals surface area contributed by atoms with E-state index in [0.717, 1.165) is 0 Å². The maximum Gasteiger partial charge on any atom is 0.417 e. The summed E-state index contributed by atoms with van der Waals surface area (Å²) in [5, 5.41) is 23.3. The standard InChI is InChI=1S/C16H9N3O4/c17-9-10-5-7-11(8-6-10)18-14-12-3-1-2-4-13(12)23-16(20)15(14)19(21)22/h1-8,18H. The van der Waals surface area contributed by atoms with E-state index in [2.05, 4.69) is 5.32 Å². The molecule has 0 aliphatic carbocycles. The summed E-state index contributed by atoms with van der Waals surface area (Å²) in [6.45, 7) is 0. The van der Waals surface area contributed by atoms with E-state index in [-0.39, 0.29) is 11.3 Å². The first-order chi connectivity index (χ1) is 11.1. The Bertz CT molecular complexity index is 1000. The highest BCUT2D eigenvalue weighted by Crippen LogP contribution is 2.32. The van der Waals surface area contributed by atoms with E-state index >= 15 is 0 Å². The molecule has 3 aromatic rings. The van der Waals surface area contributed by atoms with Crippen molar-refractivity contribution in [3.05, 3.63) is 74.6 Å². The quantitative estimate of drug-likeness (QED) is 0.451. The lowest BCUT2D eigenvalue weighted by Crippen LogP contribution is -2.10. The van der Waals surface area contributed by atoms with Gasteiger partial charge >= 0.3 is 11.3 Å². The van der Waals surface area contributed by atoms with Gasteiger partial charge < -0.3 is 9.73 Å². The number of nitrogens with zero attached hydrogens (tertiary/aromatic N) is 2. The predicted molar refractivity (Wildman–Crippen MR) is 83.6 cm³/mol. The van der Waals surface area contributed by atoms with Gasteiger partial charge in [0.1, 0.15) is 11.3 Å². The molecule has 0 saturated carbocycles. The van der Waals surface area contributed by atoms with Gasteiger partial charge in [0, 0.05) is 11.1 Å². The minimum atomic E-state index is -1.02. The molecular formula is C16H9N3O4. The lowest BCUT2D eigenvalue weighted by atomic mass is 10.1. The zero-order valence-electron chi connectivity index (χ0n) is 11.6. The first-order valence-electron chi connectivity index (χ1n) is 6.57. The van der Waals surface area contributed by atoms with E-state index in [9.17, 15) is 14.9 Å². The third-order valence-corrected chi connectivity index (χ3v) is 3.26. The average molecular weight is 307 g/mol. The molecule has 23 heavy (non-hydrogen) atoms. The number of benzene rings is 2. The fourth-order valence-corrected chi connectivity index (χ4v) is 2.20. The molecule has 0 fully saturated rings. The maximum absolute atomic E-state index is 11.9. The molecule has 7 heteroatoms. The third-order valence-electron chi connectivity index (χ3n) is 3.26. The molecule has 0 saturated heterocycles. The van der Waals surface area contributed by atoms with Crippen LogP contribution in [0.2, 0.25) is 0 Å². The topological polar surface area (TPSA) is 109 Å². The first-order valence-corrected chi connectivity index (χ1v) is 6.57. The number of nitriles is 1. The Hall–Kier alpha value is -3.66. The van der Waals surface area contributed by atoms with Crippen LogP contribution >= 0.6 is 0 Å². The average Bonchev–Trinajstić information content (AvgIpc) is 2.55. The van der Waals surface area contributed by atoms with Crippen molar-refractivity contribution in [1.82, 2.24) is 0 Å². The fourth-order valence-electron chi connectivity index (χ4n) is 2.20. The molecule has 3 rings (SSSR count). The van der Waals surface area contributed by atoms with Gasteiger partial charge in [0.05, 0.1) is 16.6 Å². The summed E-state index contributed by atoms with van der Waals surface area (Å²) in [5.74, 6) is 0. The molecule has 1 heterocycles. The number of rotatable bonds is 3. The van der Waals surface area contributed by atoms with Crippen LogP contribution in [0.4, 0.5) is 17.1 Å². The van der Waals surface area contributed by atoms with Gasteiger partial charge in [0.25, 0.3) is 0 Å². The molecule has 0 aliphatic heterocycles. The van der Waals surface area contributed by atoms with Gasteiger partial charge in [-0.3, -0.25) is 10.1 Å². The number of hydrogen-bond acceptors (Lipinski definition) is 6. The van der Waals surface area contributed by atoms with Crippen molar-refractivity contribution < 1.29 is 9.34 Å². The zero-order valence-corrected chi connectivity index (χ0v) is 11.6. The van der Waals surface area contributed by atoms with E-state index in [0.29, 0.717) is 16.6 Å². The number of para-hydroxylation sites is 1. The van der Waals surface area contributed by atoms with Crippen molar-refractivity contribution in [2.75, 3.05) is 5.32 Å². The predicted octanol–water partition coefficient (Wildman–Crippen LogP) is 3.32. The molecule has 1 N–H and O–H groups in total. The molecule has 112 valence electrons. The van der Waals surface area contributed by atoms with Crippen LogP contribution in [0.25, 0.3) is 11.0 Å². The Morgan fingerprint density at radius 3 is 2.48 bits per heavy atom. The Kier molecular flexibility index (Phi) is 3.49. The highest BCUT2D eigenvalue weighted by atomic mass is 16.6. The molecule has 0 unspecified atom stereocenters. The van der Waals surface area contributed by atoms with Crippen LogP contribution < -0.4 is 10.9 Å². The summed E-state index contributed by atoms with van der Waals surface area (Å²) >= 11 is 0. The van der Waals surface area contributed by atoms with Crippen molar-refractivity contribution >= 4 is 28.0 Å². The van der Waals surface area contributed by atoms with E-state index < -0.39 is 16.2 Å². The Balaban J connectivity index is 2.21. The first kappa shape index (κ1) is 14.3. The number of nitro groups is 1. The molecule has 0 spiro atoms. The second-order valence-corrected chi connectivity index (χ2v) is 4.68. The molecule has 0 atom stereocenters. The lowest BCUT2D eigenvalue weighted by molar-refractivity contribution is -0.386. The summed E-state index contributed by atoms with van der Waals surface area (Å²) < 4.78 is 4.99. The summed E-state index contributed by atoms with van der Waals surface area (Å²) in [6.07, 6.45) is 0. The van der Waals surface area contributed by atoms with E-state index in [1.807, 2.05) is 6.07 Å². The van der Waals surface area contributed by atoms with Gasteiger partial charge in [-0.05, 0) is 36.4 Å². The van der Waals surface area contributed by atoms with Crippen molar-refractivity contribution in [3.63, 3.8) is 0 Å². The van der Waals surface area contributed by atoms with E-state index in [1.165, 1.54) is 0 Å². The molecule has 7 nitrogen and oxygen atoms in total. The van der Waals surface area contributed by atoms with Crippen LogP contribution in [0, 0.1) is 21.4 Å². The summed E-state index contributed by atoms with van der Waals surface area (Å²) in [6, 6.07) is 14.9. The van der Waals surface area contributed by atoms with Crippen LogP contribution in [0.15, 0.2) is 57.7 Å². The molecule has 0 amide bonds. The van der Waals surface area contributed by atoms with E-state index in [1.54, 1.807) is 48.5 Å². The Labute approximate surface area is 129 Å².